The summed E-state index contributed by atoms with van der Waals surface area (Å²) < 4.78 is 26.2. The number of amides is 1. The van der Waals surface area contributed by atoms with Gasteiger partial charge < -0.3 is 5.32 Å². The molecule has 5 nitrogen and oxygen atoms in total. The van der Waals surface area contributed by atoms with Gasteiger partial charge in [0.25, 0.3) is 0 Å². The second-order valence-electron chi connectivity index (χ2n) is 3.93. The van der Waals surface area contributed by atoms with Gasteiger partial charge in [0.05, 0.1) is 5.02 Å². The monoisotopic (exact) mass is 304 g/mol. The SMILES string of the molecule is CCCNC(=O)CCNS(=O)(=O)c1ccccc1Cl. The number of nitrogens with one attached hydrogen (secondary N) is 2. The highest BCUT2D eigenvalue weighted by Crippen LogP contribution is 2.19. The summed E-state index contributed by atoms with van der Waals surface area (Å²) >= 11 is 5.82. The molecule has 0 saturated carbocycles. The summed E-state index contributed by atoms with van der Waals surface area (Å²) in [6.07, 6.45) is 0.945. The molecule has 0 saturated heterocycles. The zero-order valence-corrected chi connectivity index (χ0v) is 12.2. The molecule has 0 fully saturated rings. The number of hydrogen-bond donors (Lipinski definition) is 2. The van der Waals surface area contributed by atoms with Gasteiger partial charge in [0, 0.05) is 19.5 Å². The van der Waals surface area contributed by atoms with Crippen molar-refractivity contribution in [2.24, 2.45) is 0 Å². The first-order chi connectivity index (χ1) is 8.97. The first-order valence-corrected chi connectivity index (χ1v) is 7.84. The summed E-state index contributed by atoms with van der Waals surface area (Å²) in [5.74, 6) is -0.177. The lowest BCUT2D eigenvalue weighted by Crippen LogP contribution is -2.31. The van der Waals surface area contributed by atoms with Gasteiger partial charge >= 0.3 is 0 Å². The zero-order chi connectivity index (χ0) is 14.3. The lowest BCUT2D eigenvalue weighted by Gasteiger charge is -2.08. The van der Waals surface area contributed by atoms with E-state index in [0.717, 1.165) is 6.42 Å². The molecule has 0 aliphatic heterocycles. The molecule has 0 heterocycles. The highest BCUT2D eigenvalue weighted by Gasteiger charge is 2.16. The average Bonchev–Trinajstić information content (AvgIpc) is 2.36. The van der Waals surface area contributed by atoms with Crippen molar-refractivity contribution < 1.29 is 13.2 Å². The Bertz CT molecular complexity index is 532. The maximum atomic E-state index is 11.9. The van der Waals surface area contributed by atoms with Gasteiger partial charge in [0.2, 0.25) is 15.9 Å². The fraction of sp³-hybridized carbons (Fsp3) is 0.417. The highest BCUT2D eigenvalue weighted by molar-refractivity contribution is 7.89. The number of halogens is 1. The van der Waals surface area contributed by atoms with E-state index in [1.54, 1.807) is 12.1 Å². The van der Waals surface area contributed by atoms with Crippen LogP contribution in [0.3, 0.4) is 0 Å². The maximum Gasteiger partial charge on any atom is 0.242 e. The van der Waals surface area contributed by atoms with Crippen LogP contribution in [0.2, 0.25) is 5.02 Å². The lowest BCUT2D eigenvalue weighted by atomic mass is 10.4. The fourth-order valence-electron chi connectivity index (χ4n) is 1.39. The van der Waals surface area contributed by atoms with E-state index in [9.17, 15) is 13.2 Å². The average molecular weight is 305 g/mol. The first-order valence-electron chi connectivity index (χ1n) is 5.98. The van der Waals surface area contributed by atoms with E-state index in [1.165, 1.54) is 12.1 Å². The topological polar surface area (TPSA) is 75.3 Å². The minimum atomic E-state index is -3.67. The molecule has 0 radical (unpaired) electrons. The molecule has 7 heteroatoms. The van der Waals surface area contributed by atoms with Crippen LogP contribution in [-0.2, 0) is 14.8 Å². The third-order valence-corrected chi connectivity index (χ3v) is 4.30. The number of carbonyl (C=O) groups excluding carboxylic acids is 1. The zero-order valence-electron chi connectivity index (χ0n) is 10.6. The Balaban J connectivity index is 2.53. The molecule has 1 aromatic rings. The predicted molar refractivity (Wildman–Crippen MR) is 74.6 cm³/mol. The van der Waals surface area contributed by atoms with Crippen LogP contribution >= 0.6 is 11.6 Å². The van der Waals surface area contributed by atoms with Crippen LogP contribution in [0, 0.1) is 0 Å². The van der Waals surface area contributed by atoms with E-state index < -0.39 is 10.0 Å². The largest absolute Gasteiger partial charge is 0.356 e. The molecule has 0 spiro atoms. The van der Waals surface area contributed by atoms with Crippen LogP contribution in [0.15, 0.2) is 29.2 Å². The smallest absolute Gasteiger partial charge is 0.242 e. The van der Waals surface area contributed by atoms with E-state index in [-0.39, 0.29) is 28.8 Å². The molecule has 1 aromatic carbocycles. The molecule has 0 bridgehead atoms. The molecule has 19 heavy (non-hydrogen) atoms. The van der Waals surface area contributed by atoms with Crippen LogP contribution in [0.4, 0.5) is 0 Å². The second kappa shape index (κ2) is 7.47. The minimum Gasteiger partial charge on any atom is -0.356 e. The van der Waals surface area contributed by atoms with Crippen molar-refractivity contribution in [3.63, 3.8) is 0 Å². The van der Waals surface area contributed by atoms with Gasteiger partial charge in [-0.1, -0.05) is 30.7 Å². The Morgan fingerprint density at radius 3 is 2.58 bits per heavy atom. The van der Waals surface area contributed by atoms with E-state index >= 15 is 0 Å². The Hall–Kier alpha value is -1.11. The summed E-state index contributed by atoms with van der Waals surface area (Å²) in [7, 11) is -3.67. The summed E-state index contributed by atoms with van der Waals surface area (Å²) in [5.41, 5.74) is 0. The summed E-state index contributed by atoms with van der Waals surface area (Å²) in [6, 6.07) is 6.17. The minimum absolute atomic E-state index is 0.0191. The molecule has 0 unspecified atom stereocenters. The predicted octanol–water partition coefficient (Wildman–Crippen LogP) is 1.53. The van der Waals surface area contributed by atoms with Crippen molar-refractivity contribution in [3.8, 4) is 0 Å². The van der Waals surface area contributed by atoms with Gasteiger partial charge in [-0.05, 0) is 18.6 Å². The highest BCUT2D eigenvalue weighted by atomic mass is 35.5. The van der Waals surface area contributed by atoms with Crippen molar-refractivity contribution in [1.29, 1.82) is 0 Å². The molecule has 0 aliphatic rings. The van der Waals surface area contributed by atoms with E-state index in [2.05, 4.69) is 10.0 Å². The third kappa shape index (κ3) is 5.18. The number of rotatable bonds is 7. The molecule has 0 aliphatic carbocycles. The van der Waals surface area contributed by atoms with Gasteiger partial charge in [0.15, 0.2) is 0 Å². The Morgan fingerprint density at radius 2 is 1.95 bits per heavy atom. The Morgan fingerprint density at radius 1 is 1.26 bits per heavy atom. The molecule has 1 rings (SSSR count). The van der Waals surface area contributed by atoms with Crippen LogP contribution in [0.1, 0.15) is 19.8 Å². The van der Waals surface area contributed by atoms with Gasteiger partial charge in [0.1, 0.15) is 4.90 Å². The lowest BCUT2D eigenvalue weighted by molar-refractivity contribution is -0.120. The molecule has 0 atom stereocenters. The summed E-state index contributed by atoms with van der Waals surface area (Å²) in [6.45, 7) is 2.58. The van der Waals surface area contributed by atoms with Crippen LogP contribution < -0.4 is 10.0 Å². The number of carbonyl (C=O) groups is 1. The van der Waals surface area contributed by atoms with E-state index in [4.69, 9.17) is 11.6 Å². The Kier molecular flexibility index (Phi) is 6.27. The Labute approximate surface area is 118 Å². The molecular formula is C12H17ClN2O3S. The van der Waals surface area contributed by atoms with Crippen molar-refractivity contribution >= 4 is 27.5 Å². The van der Waals surface area contributed by atoms with Crippen molar-refractivity contribution in [2.75, 3.05) is 13.1 Å². The standard InChI is InChI=1S/C12H17ClN2O3S/c1-2-8-14-12(16)7-9-15-19(17,18)11-6-4-3-5-10(11)13/h3-6,15H,2,7-9H2,1H3,(H,14,16). The first kappa shape index (κ1) is 15.9. The van der Waals surface area contributed by atoms with Crippen LogP contribution in [-0.4, -0.2) is 27.4 Å². The third-order valence-electron chi connectivity index (χ3n) is 2.34. The van der Waals surface area contributed by atoms with Crippen molar-refractivity contribution in [3.05, 3.63) is 29.3 Å². The molecule has 1 amide bonds. The van der Waals surface area contributed by atoms with Gasteiger partial charge in [-0.2, -0.15) is 0 Å². The van der Waals surface area contributed by atoms with Gasteiger partial charge in [-0.15, -0.1) is 0 Å². The van der Waals surface area contributed by atoms with Crippen LogP contribution in [0.5, 0.6) is 0 Å². The quantitative estimate of drug-likeness (QED) is 0.802. The van der Waals surface area contributed by atoms with Gasteiger partial charge in [-0.3, -0.25) is 4.79 Å². The van der Waals surface area contributed by atoms with Crippen molar-refractivity contribution in [1.82, 2.24) is 10.0 Å². The van der Waals surface area contributed by atoms with E-state index in [0.29, 0.717) is 6.54 Å². The number of benzene rings is 1. The molecular weight excluding hydrogens is 288 g/mol. The molecule has 0 aromatic heterocycles. The normalized spacial score (nSPS) is 11.3. The maximum absolute atomic E-state index is 11.9. The summed E-state index contributed by atoms with van der Waals surface area (Å²) in [5, 5.41) is 2.83. The van der Waals surface area contributed by atoms with Crippen molar-refractivity contribution in [2.45, 2.75) is 24.7 Å². The fourth-order valence-corrected chi connectivity index (χ4v) is 2.94. The summed E-state index contributed by atoms with van der Waals surface area (Å²) in [4.78, 5) is 11.3. The van der Waals surface area contributed by atoms with Gasteiger partial charge in [-0.25, -0.2) is 13.1 Å². The number of sulfonamides is 1. The van der Waals surface area contributed by atoms with Crippen LogP contribution in [0.25, 0.3) is 0 Å². The second-order valence-corrected chi connectivity index (χ2v) is 6.07. The molecule has 106 valence electrons. The van der Waals surface area contributed by atoms with E-state index in [1.807, 2.05) is 6.92 Å². The number of hydrogen-bond acceptors (Lipinski definition) is 3. The molecule has 2 N–H and O–H groups in total.